The molecule has 3 aromatic carbocycles. The van der Waals surface area contributed by atoms with Gasteiger partial charge < -0.3 is 23.7 Å². The van der Waals surface area contributed by atoms with Crippen molar-refractivity contribution in [2.24, 2.45) is 0 Å². The number of carbonyl (C=O) groups excluding carboxylic acids is 3. The Morgan fingerprint density at radius 3 is 2.21 bits per heavy atom. The fourth-order valence-electron chi connectivity index (χ4n) is 3.75. The molecule has 202 valence electrons. The molecular formula is C28H25IN2O8. The summed E-state index contributed by atoms with van der Waals surface area (Å²) in [6, 6.07) is 16.1. The third kappa shape index (κ3) is 6.42. The Balaban J connectivity index is 1.51. The van der Waals surface area contributed by atoms with Crippen LogP contribution in [0.25, 0.3) is 6.08 Å². The van der Waals surface area contributed by atoms with E-state index < -0.39 is 17.8 Å². The molecule has 0 unspecified atom stereocenters. The van der Waals surface area contributed by atoms with Crippen LogP contribution in [0.5, 0.6) is 28.7 Å². The molecule has 1 fully saturated rings. The highest BCUT2D eigenvalue weighted by Gasteiger charge is 2.37. The molecule has 0 aromatic heterocycles. The summed E-state index contributed by atoms with van der Waals surface area (Å²) >= 11 is 2.08. The van der Waals surface area contributed by atoms with Crippen LogP contribution in [-0.2, 0) is 9.59 Å². The van der Waals surface area contributed by atoms with Gasteiger partial charge in [0.25, 0.3) is 11.8 Å². The largest absolute Gasteiger partial charge is 0.497 e. The molecule has 39 heavy (non-hydrogen) atoms. The van der Waals surface area contributed by atoms with E-state index in [-0.39, 0.29) is 18.8 Å². The first-order valence-electron chi connectivity index (χ1n) is 11.7. The van der Waals surface area contributed by atoms with E-state index in [2.05, 4.69) is 27.9 Å². The van der Waals surface area contributed by atoms with Crippen LogP contribution in [0.15, 0.2) is 66.2 Å². The number of urea groups is 1. The summed E-state index contributed by atoms with van der Waals surface area (Å²) in [4.78, 5) is 39.2. The van der Waals surface area contributed by atoms with Gasteiger partial charge in [-0.05, 0) is 82.8 Å². The standard InChI is InChI=1S/C28H25IN2O8/c1-35-19-9-7-18(8-10-19)31-27(33)22(26(32)30-28(31)34)13-17-14-23(29)25(24(15-17)37-3)39-12-11-38-21-6-4-5-20(16-21)36-2/h4-10,13-16H,11-12H2,1-3H3,(H,30,32,34)/b22-13-. The number of hydrogen-bond donors (Lipinski definition) is 1. The maximum atomic E-state index is 13.2. The quantitative estimate of drug-likeness (QED) is 0.149. The minimum Gasteiger partial charge on any atom is -0.497 e. The number of halogens is 1. The SMILES string of the molecule is COc1ccc(N2C(=O)NC(=O)/C(=C/c3cc(I)c(OCCOc4cccc(OC)c4)c(OC)c3)C2=O)cc1. The number of ether oxygens (including phenoxy) is 5. The number of methoxy groups -OCH3 is 3. The molecule has 0 spiro atoms. The third-order valence-electron chi connectivity index (χ3n) is 5.63. The Labute approximate surface area is 238 Å². The van der Waals surface area contributed by atoms with Crippen molar-refractivity contribution in [1.29, 1.82) is 0 Å². The fraction of sp³-hybridized carbons (Fsp3) is 0.179. The Bertz CT molecular complexity index is 1420. The van der Waals surface area contributed by atoms with Gasteiger partial charge in [0.1, 0.15) is 36.0 Å². The van der Waals surface area contributed by atoms with Gasteiger partial charge in [0.15, 0.2) is 11.5 Å². The third-order valence-corrected chi connectivity index (χ3v) is 6.44. The zero-order valence-electron chi connectivity index (χ0n) is 21.4. The topological polar surface area (TPSA) is 113 Å². The molecular weight excluding hydrogens is 619 g/mol. The van der Waals surface area contributed by atoms with Crippen molar-refractivity contribution in [2.75, 3.05) is 39.4 Å². The number of rotatable bonds is 10. The van der Waals surface area contributed by atoms with E-state index in [1.54, 1.807) is 49.6 Å². The molecule has 1 aliphatic rings. The van der Waals surface area contributed by atoms with E-state index in [0.717, 1.165) is 4.90 Å². The molecule has 0 bridgehead atoms. The van der Waals surface area contributed by atoms with Crippen LogP contribution in [0.3, 0.4) is 0 Å². The molecule has 0 saturated carbocycles. The van der Waals surface area contributed by atoms with E-state index in [1.807, 2.05) is 18.2 Å². The molecule has 10 nitrogen and oxygen atoms in total. The van der Waals surface area contributed by atoms with Crippen molar-refractivity contribution >= 4 is 52.2 Å². The second-order valence-corrected chi connectivity index (χ2v) is 9.23. The molecule has 1 saturated heterocycles. The fourth-order valence-corrected chi connectivity index (χ4v) is 4.53. The van der Waals surface area contributed by atoms with Gasteiger partial charge in [0.05, 0.1) is 30.6 Å². The molecule has 3 aromatic rings. The minimum absolute atomic E-state index is 0.205. The van der Waals surface area contributed by atoms with Crippen LogP contribution in [0.2, 0.25) is 0 Å². The summed E-state index contributed by atoms with van der Waals surface area (Å²) < 4.78 is 28.1. The number of carbonyl (C=O) groups is 3. The van der Waals surface area contributed by atoms with Crippen LogP contribution in [0.1, 0.15) is 5.56 Å². The molecule has 4 amide bonds. The predicted octanol–water partition coefficient (Wildman–Crippen LogP) is 4.44. The second-order valence-electron chi connectivity index (χ2n) is 8.07. The average molecular weight is 644 g/mol. The summed E-state index contributed by atoms with van der Waals surface area (Å²) in [7, 11) is 4.59. The van der Waals surface area contributed by atoms with E-state index in [9.17, 15) is 14.4 Å². The smallest absolute Gasteiger partial charge is 0.335 e. The van der Waals surface area contributed by atoms with Crippen LogP contribution < -0.4 is 33.9 Å². The van der Waals surface area contributed by atoms with Crippen molar-refractivity contribution in [1.82, 2.24) is 5.32 Å². The zero-order valence-corrected chi connectivity index (χ0v) is 23.5. The maximum absolute atomic E-state index is 13.2. The van der Waals surface area contributed by atoms with Gasteiger partial charge >= 0.3 is 6.03 Å². The Hall–Kier alpha value is -4.26. The summed E-state index contributed by atoms with van der Waals surface area (Å²) in [5.74, 6) is 1.25. The monoisotopic (exact) mass is 644 g/mol. The van der Waals surface area contributed by atoms with Gasteiger partial charge in [0.2, 0.25) is 0 Å². The summed E-state index contributed by atoms with van der Waals surface area (Å²) in [6.45, 7) is 0.520. The van der Waals surface area contributed by atoms with Crippen molar-refractivity contribution in [3.8, 4) is 28.7 Å². The molecule has 1 N–H and O–H groups in total. The Kier molecular flexibility index (Phi) is 8.92. The summed E-state index contributed by atoms with van der Waals surface area (Å²) in [6.07, 6.45) is 1.40. The number of imide groups is 2. The molecule has 1 heterocycles. The lowest BCUT2D eigenvalue weighted by Crippen LogP contribution is -2.54. The first kappa shape index (κ1) is 27.8. The first-order chi connectivity index (χ1) is 18.8. The van der Waals surface area contributed by atoms with Gasteiger partial charge in [-0.15, -0.1) is 0 Å². The highest BCUT2D eigenvalue weighted by molar-refractivity contribution is 14.1. The number of hydrogen-bond acceptors (Lipinski definition) is 8. The zero-order chi connectivity index (χ0) is 27.9. The minimum atomic E-state index is -0.834. The lowest BCUT2D eigenvalue weighted by atomic mass is 10.1. The van der Waals surface area contributed by atoms with Crippen LogP contribution in [-0.4, -0.2) is 52.4 Å². The van der Waals surface area contributed by atoms with Crippen molar-refractivity contribution in [2.45, 2.75) is 0 Å². The van der Waals surface area contributed by atoms with E-state index in [4.69, 9.17) is 23.7 Å². The predicted molar refractivity (Wildman–Crippen MR) is 152 cm³/mol. The van der Waals surface area contributed by atoms with Crippen molar-refractivity contribution in [3.05, 3.63) is 75.4 Å². The van der Waals surface area contributed by atoms with Crippen molar-refractivity contribution < 1.29 is 38.1 Å². The van der Waals surface area contributed by atoms with Gasteiger partial charge in [-0.1, -0.05) is 6.07 Å². The second kappa shape index (κ2) is 12.5. The summed E-state index contributed by atoms with van der Waals surface area (Å²) in [5, 5.41) is 2.21. The molecule has 0 atom stereocenters. The van der Waals surface area contributed by atoms with Gasteiger partial charge in [0, 0.05) is 6.07 Å². The maximum Gasteiger partial charge on any atom is 0.335 e. The molecule has 0 radical (unpaired) electrons. The number of nitrogens with zero attached hydrogens (tertiary/aromatic N) is 1. The number of barbiturate groups is 1. The first-order valence-corrected chi connectivity index (χ1v) is 12.7. The summed E-state index contributed by atoms with van der Waals surface area (Å²) in [5.41, 5.74) is 0.603. The molecule has 1 aliphatic heterocycles. The molecule has 4 rings (SSSR count). The van der Waals surface area contributed by atoms with Crippen LogP contribution in [0, 0.1) is 3.57 Å². The highest BCUT2D eigenvalue weighted by Crippen LogP contribution is 2.35. The normalized spacial score (nSPS) is 14.2. The van der Waals surface area contributed by atoms with Crippen LogP contribution in [0.4, 0.5) is 10.5 Å². The number of amides is 4. The van der Waals surface area contributed by atoms with Gasteiger partial charge in [-0.2, -0.15) is 0 Å². The molecule has 11 heteroatoms. The number of anilines is 1. The van der Waals surface area contributed by atoms with E-state index in [0.29, 0.717) is 43.6 Å². The van der Waals surface area contributed by atoms with E-state index >= 15 is 0 Å². The number of nitrogens with one attached hydrogen (secondary N) is 1. The lowest BCUT2D eigenvalue weighted by molar-refractivity contribution is -0.122. The highest BCUT2D eigenvalue weighted by atomic mass is 127. The van der Waals surface area contributed by atoms with E-state index in [1.165, 1.54) is 20.3 Å². The number of benzene rings is 3. The average Bonchev–Trinajstić information content (AvgIpc) is 2.94. The Morgan fingerprint density at radius 2 is 1.51 bits per heavy atom. The van der Waals surface area contributed by atoms with Gasteiger partial charge in [-0.25, -0.2) is 9.69 Å². The Morgan fingerprint density at radius 1 is 0.821 bits per heavy atom. The van der Waals surface area contributed by atoms with Gasteiger partial charge in [-0.3, -0.25) is 14.9 Å². The van der Waals surface area contributed by atoms with Crippen molar-refractivity contribution in [3.63, 3.8) is 0 Å². The lowest BCUT2D eigenvalue weighted by Gasteiger charge is -2.26. The molecule has 0 aliphatic carbocycles. The van der Waals surface area contributed by atoms with Crippen LogP contribution >= 0.6 is 22.6 Å².